The molecule has 1 saturated carbocycles. The summed E-state index contributed by atoms with van der Waals surface area (Å²) < 4.78 is 0. The van der Waals surface area contributed by atoms with Crippen LogP contribution >= 0.6 is 0 Å². The lowest BCUT2D eigenvalue weighted by molar-refractivity contribution is 0.172. The van der Waals surface area contributed by atoms with E-state index in [4.69, 9.17) is 11.3 Å². The first kappa shape index (κ1) is 10.1. The molecule has 1 rings (SSSR count). The first-order chi connectivity index (χ1) is 6.17. The summed E-state index contributed by atoms with van der Waals surface area (Å²) in [6.45, 7) is 4.70. The van der Waals surface area contributed by atoms with Crippen LogP contribution in [0, 0.1) is 17.8 Å². The summed E-state index contributed by atoms with van der Waals surface area (Å²) in [5.74, 6) is 2.41. The van der Waals surface area contributed by atoms with E-state index < -0.39 is 0 Å². The lowest BCUT2D eigenvalue weighted by Gasteiger charge is -2.30. The summed E-state index contributed by atoms with van der Waals surface area (Å²) in [4.78, 5) is 5.01. The van der Waals surface area contributed by atoms with Gasteiger partial charge in [-0.1, -0.05) is 31.3 Å². The average Bonchev–Trinajstić information content (AvgIpc) is 2.08. The number of hydrogen-bond acceptors (Lipinski definition) is 2. The molecule has 0 aromatic carbocycles. The van der Waals surface area contributed by atoms with Crippen LogP contribution in [0.25, 0.3) is 0 Å². The highest BCUT2D eigenvalue weighted by Gasteiger charge is 2.28. The number of terminal acetylenes is 1. The van der Waals surface area contributed by atoms with Crippen LogP contribution in [0.15, 0.2) is 5.16 Å². The fourth-order valence-corrected chi connectivity index (χ4v) is 1.66. The zero-order chi connectivity index (χ0) is 9.73. The lowest BCUT2D eigenvalue weighted by Crippen LogP contribution is -2.28. The van der Waals surface area contributed by atoms with Gasteiger partial charge < -0.3 is 4.84 Å². The summed E-state index contributed by atoms with van der Waals surface area (Å²) in [6, 6.07) is 0. The van der Waals surface area contributed by atoms with Gasteiger partial charge in [0.25, 0.3) is 0 Å². The quantitative estimate of drug-likeness (QED) is 0.363. The largest absolute Gasteiger partial charge is 0.383 e. The third-order valence-electron chi connectivity index (χ3n) is 2.57. The number of hydrogen-bond donors (Lipinski definition) is 0. The van der Waals surface area contributed by atoms with Gasteiger partial charge in [0.15, 0.2) is 6.61 Å². The van der Waals surface area contributed by atoms with Crippen LogP contribution in [0.4, 0.5) is 0 Å². The minimum Gasteiger partial charge on any atom is -0.383 e. The summed E-state index contributed by atoms with van der Waals surface area (Å²) in [5, 5.41) is 4.10. The summed E-state index contributed by atoms with van der Waals surface area (Å²) in [6.07, 6.45) is 9.84. The van der Waals surface area contributed by atoms with Crippen molar-refractivity contribution in [3.05, 3.63) is 0 Å². The van der Waals surface area contributed by atoms with Gasteiger partial charge in [-0.3, -0.25) is 0 Å². The smallest absolute Gasteiger partial charge is 0.177 e. The molecule has 0 aromatic heterocycles. The van der Waals surface area contributed by atoms with Crippen molar-refractivity contribution >= 4 is 5.71 Å². The second-order valence-corrected chi connectivity index (χ2v) is 4.11. The molecule has 0 N–H and O–H groups in total. The van der Waals surface area contributed by atoms with Gasteiger partial charge in [-0.05, 0) is 19.3 Å². The lowest BCUT2D eigenvalue weighted by atomic mass is 9.76. The molecule has 0 spiro atoms. The molecule has 0 amide bonds. The van der Waals surface area contributed by atoms with Crippen LogP contribution in [0.1, 0.15) is 39.5 Å². The Balaban J connectivity index is 2.55. The molecule has 0 heterocycles. The molecule has 0 aromatic rings. The summed E-state index contributed by atoms with van der Waals surface area (Å²) in [5.41, 5.74) is 1.36. The minimum absolute atomic E-state index is 0.201. The van der Waals surface area contributed by atoms with Crippen molar-refractivity contribution < 1.29 is 4.84 Å². The Bertz CT molecular complexity index is 235. The highest BCUT2D eigenvalue weighted by atomic mass is 16.6. The van der Waals surface area contributed by atoms with E-state index in [-0.39, 0.29) is 12.0 Å². The van der Waals surface area contributed by atoms with E-state index in [1.807, 2.05) is 0 Å². The van der Waals surface area contributed by atoms with Crippen molar-refractivity contribution in [1.82, 2.24) is 0 Å². The van der Waals surface area contributed by atoms with E-state index in [9.17, 15) is 0 Å². The van der Waals surface area contributed by atoms with Crippen molar-refractivity contribution in [2.75, 3.05) is 6.61 Å². The molecule has 72 valence electrons. The normalized spacial score (nSPS) is 23.9. The zero-order valence-electron chi connectivity index (χ0n) is 8.47. The standard InChI is InChI=1S/C11H17NO/c1-4-9-13-12-10-7-5-6-8-11(10,2)3/h1H,5-9H2,2-3H3/b12-10+. The maximum Gasteiger partial charge on any atom is 0.177 e. The maximum atomic E-state index is 5.07. The molecular formula is C11H17NO. The predicted octanol–water partition coefficient (Wildman–Crippen LogP) is 2.59. The molecule has 0 unspecified atom stereocenters. The van der Waals surface area contributed by atoms with Crippen molar-refractivity contribution in [2.45, 2.75) is 39.5 Å². The Morgan fingerprint density at radius 2 is 2.31 bits per heavy atom. The van der Waals surface area contributed by atoms with Gasteiger partial charge in [-0.15, -0.1) is 6.42 Å². The molecule has 0 saturated heterocycles. The third-order valence-corrected chi connectivity index (χ3v) is 2.57. The SMILES string of the molecule is C#CCO/N=C1\CCCCC1(C)C. The number of nitrogens with zero attached hydrogens (tertiary/aromatic N) is 1. The van der Waals surface area contributed by atoms with Crippen molar-refractivity contribution in [2.24, 2.45) is 10.6 Å². The Hall–Kier alpha value is -0.970. The Morgan fingerprint density at radius 3 is 2.92 bits per heavy atom. The zero-order valence-corrected chi connectivity index (χ0v) is 8.47. The van der Waals surface area contributed by atoms with Gasteiger partial charge >= 0.3 is 0 Å². The molecule has 1 aliphatic rings. The Morgan fingerprint density at radius 1 is 1.54 bits per heavy atom. The molecule has 1 fully saturated rings. The first-order valence-electron chi connectivity index (χ1n) is 4.79. The first-order valence-corrected chi connectivity index (χ1v) is 4.79. The second-order valence-electron chi connectivity index (χ2n) is 4.11. The average molecular weight is 179 g/mol. The van der Waals surface area contributed by atoms with E-state index in [2.05, 4.69) is 24.9 Å². The van der Waals surface area contributed by atoms with Crippen molar-refractivity contribution in [3.8, 4) is 12.3 Å². The van der Waals surface area contributed by atoms with E-state index in [0.717, 1.165) is 12.1 Å². The van der Waals surface area contributed by atoms with E-state index >= 15 is 0 Å². The maximum absolute atomic E-state index is 5.07. The predicted molar refractivity (Wildman–Crippen MR) is 54.5 cm³/mol. The second kappa shape index (κ2) is 4.32. The molecule has 2 heteroatoms. The molecule has 2 nitrogen and oxygen atoms in total. The van der Waals surface area contributed by atoms with Gasteiger partial charge in [0, 0.05) is 5.41 Å². The molecule has 0 bridgehead atoms. The highest BCUT2D eigenvalue weighted by molar-refractivity contribution is 5.89. The molecular weight excluding hydrogens is 162 g/mol. The third kappa shape index (κ3) is 2.77. The minimum atomic E-state index is 0.201. The summed E-state index contributed by atoms with van der Waals surface area (Å²) in [7, 11) is 0. The molecule has 1 aliphatic carbocycles. The number of rotatable bonds is 2. The monoisotopic (exact) mass is 179 g/mol. The van der Waals surface area contributed by atoms with Gasteiger partial charge in [0.1, 0.15) is 0 Å². The number of oxime groups is 1. The van der Waals surface area contributed by atoms with E-state index in [1.54, 1.807) is 0 Å². The highest BCUT2D eigenvalue weighted by Crippen LogP contribution is 2.32. The molecule has 13 heavy (non-hydrogen) atoms. The van der Waals surface area contributed by atoms with E-state index in [0.29, 0.717) is 0 Å². The van der Waals surface area contributed by atoms with Gasteiger partial charge in [-0.2, -0.15) is 0 Å². The summed E-state index contributed by atoms with van der Waals surface area (Å²) >= 11 is 0. The van der Waals surface area contributed by atoms with Crippen LogP contribution in [0.2, 0.25) is 0 Å². The van der Waals surface area contributed by atoms with Crippen molar-refractivity contribution in [3.63, 3.8) is 0 Å². The Kier molecular flexibility index (Phi) is 3.36. The fraction of sp³-hybridized carbons (Fsp3) is 0.727. The molecule has 0 aliphatic heterocycles. The molecule has 0 radical (unpaired) electrons. The van der Waals surface area contributed by atoms with Gasteiger partial charge in [0.2, 0.25) is 0 Å². The van der Waals surface area contributed by atoms with Crippen molar-refractivity contribution in [1.29, 1.82) is 0 Å². The van der Waals surface area contributed by atoms with Crippen LogP contribution in [0.3, 0.4) is 0 Å². The van der Waals surface area contributed by atoms with Crippen LogP contribution in [-0.4, -0.2) is 12.3 Å². The van der Waals surface area contributed by atoms with Crippen LogP contribution < -0.4 is 0 Å². The van der Waals surface area contributed by atoms with Gasteiger partial charge in [-0.25, -0.2) is 0 Å². The van der Waals surface area contributed by atoms with E-state index in [1.165, 1.54) is 19.3 Å². The van der Waals surface area contributed by atoms with Crippen LogP contribution in [-0.2, 0) is 4.84 Å². The Labute approximate surface area is 80.3 Å². The van der Waals surface area contributed by atoms with Crippen LogP contribution in [0.5, 0.6) is 0 Å². The molecule has 0 atom stereocenters. The van der Waals surface area contributed by atoms with Gasteiger partial charge in [0.05, 0.1) is 5.71 Å². The topological polar surface area (TPSA) is 21.6 Å². The fourth-order valence-electron chi connectivity index (χ4n) is 1.66.